The molecular weight excluding hydrogens is 1040 g/mol. The van der Waals surface area contributed by atoms with Crippen LogP contribution in [0.5, 0.6) is 0 Å². The number of nitrogens with zero attached hydrogens (tertiary/aromatic N) is 3. The second kappa shape index (κ2) is 57.9. The van der Waals surface area contributed by atoms with Crippen molar-refractivity contribution in [3.63, 3.8) is 0 Å². The molecule has 0 aliphatic carbocycles. The average molecular weight is 1170 g/mol. The second-order valence-corrected chi connectivity index (χ2v) is 25.1. The lowest BCUT2D eigenvalue weighted by molar-refractivity contribution is 0.108. The van der Waals surface area contributed by atoms with Gasteiger partial charge < -0.3 is 28.4 Å². The molecule has 0 atom stereocenters. The minimum absolute atomic E-state index is 0.597. The summed E-state index contributed by atoms with van der Waals surface area (Å²) >= 11 is 0. The molecule has 9 nitrogen and oxygen atoms in total. The van der Waals surface area contributed by atoms with Gasteiger partial charge in [0.25, 0.3) is 0 Å². The Kier molecular flexibility index (Phi) is 50.8. The van der Waals surface area contributed by atoms with Crippen LogP contribution in [0.2, 0.25) is 0 Å². The molecule has 0 unspecified atom stereocenters. The van der Waals surface area contributed by atoms with Crippen molar-refractivity contribution in [2.24, 2.45) is 0 Å². The van der Waals surface area contributed by atoms with Crippen LogP contribution >= 0.6 is 0 Å². The quantitative estimate of drug-likeness (QED) is 0.218. The Labute approximate surface area is 517 Å². The van der Waals surface area contributed by atoms with Crippen LogP contribution in [0.1, 0.15) is 342 Å². The highest BCUT2D eigenvalue weighted by Gasteiger charge is 2.06. The van der Waals surface area contributed by atoms with Gasteiger partial charge in [-0.2, -0.15) is 0 Å². The van der Waals surface area contributed by atoms with Gasteiger partial charge in [-0.3, -0.25) is 15.0 Å². The summed E-state index contributed by atoms with van der Waals surface area (Å²) in [5.74, 6) is 0. The first-order chi connectivity index (χ1) is 41.8. The van der Waals surface area contributed by atoms with E-state index in [0.717, 1.165) is 112 Å². The van der Waals surface area contributed by atoms with Gasteiger partial charge in [0.15, 0.2) is 0 Å². The zero-order valence-corrected chi connectivity index (χ0v) is 54.4. The number of fused-ring (bicyclic) bond motifs is 6. The number of rotatable bonds is 0. The highest BCUT2D eigenvalue weighted by Crippen LogP contribution is 2.19. The van der Waals surface area contributed by atoms with Gasteiger partial charge in [0.05, 0.1) is 73.8 Å². The molecule has 480 valence electrons. The van der Waals surface area contributed by atoms with Gasteiger partial charge in [-0.25, -0.2) is 0 Å². The van der Waals surface area contributed by atoms with E-state index in [1.807, 2.05) is 0 Å². The zero-order chi connectivity index (χ0) is 58.6. The molecule has 4 heterocycles. The largest absolute Gasteiger partial charge is 0.375 e. The van der Waals surface area contributed by atoms with Gasteiger partial charge in [-0.05, 0) is 74.9 Å². The zero-order valence-electron chi connectivity index (χ0n) is 54.4. The maximum atomic E-state index is 6.01. The molecule has 0 amide bonds. The Morgan fingerprint density at radius 1 is 0.155 bits per heavy atom. The maximum absolute atomic E-state index is 6.01. The summed E-state index contributed by atoms with van der Waals surface area (Å²) in [4.78, 5) is 14.4. The van der Waals surface area contributed by atoms with Crippen molar-refractivity contribution in [2.45, 2.75) is 348 Å². The standard InChI is InChI=1S/C75H129N3O6/c1-2-8-14-20-26-32-38-44-59-80-65-71-53-50-55-73(77-71)67-82-61-46-40-34-28-22-16-10-5-6-12-18-24-30-36-42-48-63-84-69-75-57-51-56-74(78-75)68-83-62-47-41-35-29-23-17-11-4-3-9-15-21-27-33-39-45-60-81-66-72-54-49-52-70(76-72)64-79-58-43-37-31-25-19-13-7-1/h49-57H,1-48,58-69H2. The molecule has 0 radical (unpaired) electrons. The average Bonchev–Trinajstić information content (AvgIpc) is 3.51. The Balaban J connectivity index is 0.982. The Hall–Kier alpha value is -2.79. The number of hydrogen-bond acceptors (Lipinski definition) is 9. The van der Waals surface area contributed by atoms with Crippen molar-refractivity contribution in [2.75, 3.05) is 39.6 Å². The number of aromatic nitrogens is 3. The van der Waals surface area contributed by atoms with Crippen LogP contribution in [0.15, 0.2) is 54.6 Å². The van der Waals surface area contributed by atoms with Gasteiger partial charge in [0.1, 0.15) is 0 Å². The van der Waals surface area contributed by atoms with E-state index in [9.17, 15) is 0 Å². The first-order valence-electron chi connectivity index (χ1n) is 36.2. The summed E-state index contributed by atoms with van der Waals surface area (Å²) in [6, 6.07) is 18.8. The highest BCUT2D eigenvalue weighted by molar-refractivity contribution is 5.11. The van der Waals surface area contributed by atoms with Gasteiger partial charge >= 0.3 is 0 Å². The van der Waals surface area contributed by atoms with Crippen LogP contribution in [0.25, 0.3) is 0 Å². The fourth-order valence-corrected chi connectivity index (χ4v) is 11.8. The monoisotopic (exact) mass is 1170 g/mol. The maximum Gasteiger partial charge on any atom is 0.0887 e. The SMILES string of the molecule is c1cc2nc(c1)COCCCCCCCCCCCCCCCCCCOCc1cccc(n1)COCCCCCCCCCCCCCCCCCCOCc1cccc(n1)COCCCCCCCCCCCCCCCCCCOC2. The number of ether oxygens (including phenoxy) is 6. The Morgan fingerprint density at radius 2 is 0.262 bits per heavy atom. The van der Waals surface area contributed by atoms with Crippen LogP contribution in [-0.2, 0) is 68.1 Å². The van der Waals surface area contributed by atoms with E-state index in [1.165, 1.54) is 270 Å². The minimum atomic E-state index is 0.597. The molecule has 6 bridgehead atoms. The summed E-state index contributed by atoms with van der Waals surface area (Å²) in [6.45, 7) is 8.54. The van der Waals surface area contributed by atoms with Crippen molar-refractivity contribution in [1.82, 2.24) is 15.0 Å². The van der Waals surface area contributed by atoms with E-state index < -0.39 is 0 Å². The number of pyridine rings is 3. The van der Waals surface area contributed by atoms with Crippen molar-refractivity contribution >= 4 is 0 Å². The van der Waals surface area contributed by atoms with Crippen molar-refractivity contribution in [1.29, 1.82) is 0 Å². The fraction of sp³-hybridized carbons (Fsp3) is 0.800. The van der Waals surface area contributed by atoms with Crippen molar-refractivity contribution < 1.29 is 28.4 Å². The third-order valence-electron chi connectivity index (χ3n) is 17.1. The predicted molar refractivity (Wildman–Crippen MR) is 352 cm³/mol. The lowest BCUT2D eigenvalue weighted by atomic mass is 10.0. The molecule has 0 N–H and O–H groups in total. The smallest absolute Gasteiger partial charge is 0.0887 e. The Morgan fingerprint density at radius 3 is 0.381 bits per heavy atom. The minimum Gasteiger partial charge on any atom is -0.375 e. The predicted octanol–water partition coefficient (Wildman–Crippen LogP) is 22.1. The molecule has 0 saturated heterocycles. The number of hydrogen-bond donors (Lipinski definition) is 0. The molecule has 0 saturated carbocycles. The molecular formula is C75H129N3O6. The van der Waals surface area contributed by atoms with Gasteiger partial charge in [-0.1, -0.05) is 288 Å². The van der Waals surface area contributed by atoms with Crippen LogP contribution in [-0.4, -0.2) is 54.6 Å². The fourth-order valence-electron chi connectivity index (χ4n) is 11.8. The van der Waals surface area contributed by atoms with Crippen LogP contribution in [0.3, 0.4) is 0 Å². The van der Waals surface area contributed by atoms with Crippen molar-refractivity contribution in [3.05, 3.63) is 88.8 Å². The molecule has 0 fully saturated rings. The molecule has 84 heavy (non-hydrogen) atoms. The normalized spacial score (nSPS) is 21.3. The molecule has 3 aromatic heterocycles. The van der Waals surface area contributed by atoms with Crippen LogP contribution in [0, 0.1) is 0 Å². The van der Waals surface area contributed by atoms with E-state index in [1.54, 1.807) is 0 Å². The van der Waals surface area contributed by atoms with Crippen molar-refractivity contribution in [3.8, 4) is 0 Å². The molecule has 0 aromatic carbocycles. The van der Waals surface area contributed by atoms with E-state index >= 15 is 0 Å². The van der Waals surface area contributed by atoms with E-state index in [-0.39, 0.29) is 0 Å². The van der Waals surface area contributed by atoms with Gasteiger partial charge in [0, 0.05) is 39.6 Å². The van der Waals surface area contributed by atoms with Crippen LogP contribution in [0.4, 0.5) is 0 Å². The molecule has 1 aliphatic rings. The first kappa shape index (κ1) is 73.7. The molecule has 1 aliphatic heterocycles. The van der Waals surface area contributed by atoms with E-state index in [2.05, 4.69) is 54.6 Å². The lowest BCUT2D eigenvalue weighted by Crippen LogP contribution is -2.02. The Bertz CT molecular complexity index is 1520. The van der Waals surface area contributed by atoms with Gasteiger partial charge in [0.2, 0.25) is 0 Å². The summed E-state index contributed by atoms with van der Waals surface area (Å²) in [6.07, 6.45) is 64.2. The second-order valence-electron chi connectivity index (χ2n) is 25.1. The molecule has 3 aromatic rings. The highest BCUT2D eigenvalue weighted by atomic mass is 16.5. The summed E-state index contributed by atoms with van der Waals surface area (Å²) in [5.41, 5.74) is 6.09. The van der Waals surface area contributed by atoms with Crippen LogP contribution < -0.4 is 0 Å². The molecule has 4 rings (SSSR count). The summed E-state index contributed by atoms with van der Waals surface area (Å²) < 4.78 is 36.0. The third-order valence-corrected chi connectivity index (χ3v) is 17.1. The van der Waals surface area contributed by atoms with E-state index in [0.29, 0.717) is 39.6 Å². The summed E-state index contributed by atoms with van der Waals surface area (Å²) in [5, 5.41) is 0. The summed E-state index contributed by atoms with van der Waals surface area (Å²) in [7, 11) is 0. The van der Waals surface area contributed by atoms with Gasteiger partial charge in [-0.15, -0.1) is 0 Å². The van der Waals surface area contributed by atoms with E-state index in [4.69, 9.17) is 43.4 Å². The first-order valence-corrected chi connectivity index (χ1v) is 36.2. The topological polar surface area (TPSA) is 94.1 Å². The molecule has 9 heteroatoms. The lowest BCUT2D eigenvalue weighted by Gasteiger charge is -2.08. The third kappa shape index (κ3) is 46.4. The molecule has 0 spiro atoms.